The number of hydrogen-bond acceptors (Lipinski definition) is 4. The molecule has 0 spiro atoms. The average Bonchev–Trinajstić information content (AvgIpc) is 3.21. The second-order valence-corrected chi connectivity index (χ2v) is 16.7. The van der Waals surface area contributed by atoms with E-state index in [1.807, 2.05) is 182 Å². The van der Waals surface area contributed by atoms with Crippen LogP contribution in [0.3, 0.4) is 0 Å². The lowest BCUT2D eigenvalue weighted by atomic mass is 10.1. The van der Waals surface area contributed by atoms with Crippen molar-refractivity contribution in [3.05, 3.63) is 217 Å². The Hall–Kier alpha value is -5.82. The lowest BCUT2D eigenvalue weighted by Crippen LogP contribution is -2.15. The Morgan fingerprint density at radius 3 is 0.640 bits per heavy atom. The maximum atomic E-state index is 14.1. The van der Waals surface area contributed by atoms with Crippen LogP contribution in [0.15, 0.2) is 236 Å². The van der Waals surface area contributed by atoms with Crippen LogP contribution < -0.4 is 0 Å². The summed E-state index contributed by atoms with van der Waals surface area (Å²) in [5, 5.41) is 0. The maximum absolute atomic E-state index is 14.1. The van der Waals surface area contributed by atoms with Crippen LogP contribution in [-0.4, -0.2) is 11.9 Å². The highest BCUT2D eigenvalue weighted by molar-refractivity contribution is 8.30. The standard InChI is InChI=1S/C44H34O4S2/c45-43(47-49(37-19-7-1-8-20-37,38-21-9-2-10-22-38)39-23-11-3-12-24-39)35-31-33-36(34-32-35)44(46)48-50(40-25-13-4-14-26-40,41-27-15-5-16-28-41)42-29-17-6-18-30-42/h1-34H. The first-order valence-corrected chi connectivity index (χ1v) is 19.3. The van der Waals surface area contributed by atoms with Gasteiger partial charge in [0.2, 0.25) is 0 Å². The molecule has 7 aromatic carbocycles. The predicted molar refractivity (Wildman–Crippen MR) is 201 cm³/mol. The molecule has 6 heteroatoms. The van der Waals surface area contributed by atoms with Crippen LogP contribution in [0.2, 0.25) is 0 Å². The van der Waals surface area contributed by atoms with Gasteiger partial charge in [-0.15, -0.1) is 0 Å². The van der Waals surface area contributed by atoms with Gasteiger partial charge < -0.3 is 8.37 Å². The van der Waals surface area contributed by atoms with Gasteiger partial charge in [0.15, 0.2) is 0 Å². The van der Waals surface area contributed by atoms with Crippen LogP contribution in [0.1, 0.15) is 20.7 Å². The van der Waals surface area contributed by atoms with Crippen molar-refractivity contribution in [2.45, 2.75) is 29.4 Å². The molecule has 0 aromatic heterocycles. The Balaban J connectivity index is 1.25. The topological polar surface area (TPSA) is 52.6 Å². The molecule has 0 saturated carbocycles. The van der Waals surface area contributed by atoms with Crippen molar-refractivity contribution in [3.63, 3.8) is 0 Å². The molecule has 0 atom stereocenters. The molecule has 0 N–H and O–H groups in total. The van der Waals surface area contributed by atoms with E-state index in [1.54, 1.807) is 24.3 Å². The Kier molecular flexibility index (Phi) is 9.65. The van der Waals surface area contributed by atoms with E-state index in [0.717, 1.165) is 29.4 Å². The van der Waals surface area contributed by atoms with Crippen LogP contribution in [0, 0.1) is 0 Å². The van der Waals surface area contributed by atoms with Gasteiger partial charge in [0.1, 0.15) is 0 Å². The smallest absolute Gasteiger partial charge is 0.349 e. The van der Waals surface area contributed by atoms with E-state index in [1.165, 1.54) is 0 Å². The Morgan fingerprint density at radius 2 is 0.460 bits per heavy atom. The van der Waals surface area contributed by atoms with E-state index in [4.69, 9.17) is 8.37 Å². The number of benzene rings is 7. The molecular formula is C44H34O4S2. The summed E-state index contributed by atoms with van der Waals surface area (Å²) in [6.45, 7) is 0. The first-order chi connectivity index (χ1) is 24.6. The van der Waals surface area contributed by atoms with Gasteiger partial charge in [-0.05, 0) is 118 Å². The van der Waals surface area contributed by atoms with Crippen LogP contribution in [0.5, 0.6) is 0 Å². The van der Waals surface area contributed by atoms with E-state index in [9.17, 15) is 9.59 Å². The fourth-order valence-corrected chi connectivity index (χ4v) is 11.9. The van der Waals surface area contributed by atoms with Crippen molar-refractivity contribution in [2.75, 3.05) is 0 Å². The van der Waals surface area contributed by atoms with Gasteiger partial charge in [0.05, 0.1) is 11.1 Å². The van der Waals surface area contributed by atoms with Crippen LogP contribution in [0.4, 0.5) is 0 Å². The van der Waals surface area contributed by atoms with Gasteiger partial charge in [-0.2, -0.15) is 0 Å². The van der Waals surface area contributed by atoms with Gasteiger partial charge in [0, 0.05) is 29.4 Å². The second kappa shape index (κ2) is 14.7. The molecule has 4 nitrogen and oxygen atoms in total. The van der Waals surface area contributed by atoms with Crippen molar-refractivity contribution in [1.29, 1.82) is 0 Å². The normalized spacial score (nSPS) is 12.0. The molecule has 0 radical (unpaired) electrons. The number of hydrogen-bond donors (Lipinski definition) is 0. The van der Waals surface area contributed by atoms with Crippen LogP contribution >= 0.6 is 20.6 Å². The highest BCUT2D eigenvalue weighted by atomic mass is 32.3. The van der Waals surface area contributed by atoms with Gasteiger partial charge in [-0.1, -0.05) is 109 Å². The maximum Gasteiger partial charge on any atom is 0.349 e. The third-order valence-corrected chi connectivity index (χ3v) is 14.6. The third-order valence-electron chi connectivity index (χ3n) is 8.21. The second-order valence-electron chi connectivity index (χ2n) is 11.3. The largest absolute Gasteiger partial charge is 0.398 e. The molecule has 7 aromatic rings. The predicted octanol–water partition coefficient (Wildman–Crippen LogP) is 11.8. The fraction of sp³-hybridized carbons (Fsp3) is 0. The zero-order chi connectivity index (χ0) is 34.2. The molecular weight excluding hydrogens is 657 g/mol. The lowest BCUT2D eigenvalue weighted by Gasteiger charge is -2.40. The molecule has 0 aliphatic heterocycles. The summed E-state index contributed by atoms with van der Waals surface area (Å²) < 4.78 is 13.3. The zero-order valence-corrected chi connectivity index (χ0v) is 28.7. The Morgan fingerprint density at radius 1 is 0.280 bits per heavy atom. The first-order valence-electron chi connectivity index (χ1n) is 16.2. The van der Waals surface area contributed by atoms with Gasteiger partial charge in [-0.3, -0.25) is 0 Å². The third kappa shape index (κ3) is 6.34. The van der Waals surface area contributed by atoms with Crippen molar-refractivity contribution >= 4 is 32.6 Å². The van der Waals surface area contributed by atoms with E-state index in [-0.39, 0.29) is 0 Å². The van der Waals surface area contributed by atoms with Crippen LogP contribution in [0.25, 0.3) is 0 Å². The lowest BCUT2D eigenvalue weighted by molar-refractivity contribution is 0.0742. The van der Waals surface area contributed by atoms with Crippen molar-refractivity contribution in [2.24, 2.45) is 0 Å². The van der Waals surface area contributed by atoms with Gasteiger partial charge >= 0.3 is 11.9 Å². The molecule has 0 amide bonds. The van der Waals surface area contributed by atoms with E-state index in [0.29, 0.717) is 11.1 Å². The summed E-state index contributed by atoms with van der Waals surface area (Å²) in [5.41, 5.74) is 0.656. The summed E-state index contributed by atoms with van der Waals surface area (Å²) in [4.78, 5) is 33.6. The van der Waals surface area contributed by atoms with Crippen molar-refractivity contribution < 1.29 is 18.0 Å². The fourth-order valence-electron chi connectivity index (χ4n) is 5.84. The molecule has 0 heterocycles. The minimum Gasteiger partial charge on any atom is -0.398 e. The van der Waals surface area contributed by atoms with Crippen LogP contribution in [-0.2, 0) is 8.37 Å². The average molecular weight is 691 g/mol. The quantitative estimate of drug-likeness (QED) is 0.143. The van der Waals surface area contributed by atoms with Gasteiger partial charge in [-0.25, -0.2) is 9.59 Å². The summed E-state index contributed by atoms with van der Waals surface area (Å²) in [6, 6.07) is 65.8. The van der Waals surface area contributed by atoms with Crippen molar-refractivity contribution in [3.8, 4) is 0 Å². The molecule has 0 fully saturated rings. The minimum atomic E-state index is -2.46. The highest BCUT2D eigenvalue weighted by Gasteiger charge is 2.37. The Bertz CT molecular complexity index is 1810. The molecule has 246 valence electrons. The molecule has 0 saturated heterocycles. The number of carbonyl (C=O) groups excluding carboxylic acids is 2. The van der Waals surface area contributed by atoms with Gasteiger partial charge in [0.25, 0.3) is 0 Å². The molecule has 7 rings (SSSR count). The number of rotatable bonds is 10. The van der Waals surface area contributed by atoms with E-state index in [2.05, 4.69) is 0 Å². The molecule has 0 aliphatic rings. The zero-order valence-electron chi connectivity index (χ0n) is 27.1. The molecule has 0 aliphatic carbocycles. The molecule has 0 unspecified atom stereocenters. The summed E-state index contributed by atoms with van der Waals surface area (Å²) in [7, 11) is -4.92. The minimum absolute atomic E-state index is 0.328. The highest BCUT2D eigenvalue weighted by Crippen LogP contribution is 2.70. The first kappa shape index (κ1) is 32.7. The van der Waals surface area contributed by atoms with E-state index < -0.39 is 32.6 Å². The summed E-state index contributed by atoms with van der Waals surface area (Å²) in [5.74, 6) is -0.983. The summed E-state index contributed by atoms with van der Waals surface area (Å²) >= 11 is 0. The van der Waals surface area contributed by atoms with Crippen molar-refractivity contribution in [1.82, 2.24) is 0 Å². The molecule has 50 heavy (non-hydrogen) atoms. The van der Waals surface area contributed by atoms with E-state index >= 15 is 0 Å². The molecule has 0 bridgehead atoms. The SMILES string of the molecule is O=C(OS(c1ccccc1)(c1ccccc1)c1ccccc1)c1ccc(C(=O)OS(c2ccccc2)(c2ccccc2)c2ccccc2)cc1. The Labute approximate surface area is 296 Å². The number of carbonyl (C=O) groups is 2. The summed E-state index contributed by atoms with van der Waals surface area (Å²) in [6.07, 6.45) is 0. The monoisotopic (exact) mass is 690 g/mol.